The van der Waals surface area contributed by atoms with Crippen LogP contribution in [0.3, 0.4) is 0 Å². The van der Waals surface area contributed by atoms with E-state index in [4.69, 9.17) is 19.2 Å². The second-order valence-corrected chi connectivity index (χ2v) is 8.02. The molecule has 1 atom stereocenters. The largest absolute Gasteiger partial charge is 0.486 e. The van der Waals surface area contributed by atoms with Crippen LogP contribution >= 0.6 is 24.0 Å². The van der Waals surface area contributed by atoms with Crippen LogP contribution in [0.4, 0.5) is 0 Å². The van der Waals surface area contributed by atoms with Crippen molar-refractivity contribution in [3.8, 4) is 11.5 Å². The van der Waals surface area contributed by atoms with E-state index in [1.54, 1.807) is 0 Å². The Hall–Kier alpha value is -1.22. The number of rotatable bonds is 6. The van der Waals surface area contributed by atoms with Crippen LogP contribution in [0.5, 0.6) is 11.5 Å². The van der Waals surface area contributed by atoms with Crippen LogP contribution in [0.15, 0.2) is 23.2 Å². The molecule has 6 nitrogen and oxygen atoms in total. The molecule has 1 aromatic rings. The number of nitrogens with one attached hydrogen (secondary N) is 1. The van der Waals surface area contributed by atoms with Gasteiger partial charge in [0.15, 0.2) is 17.5 Å². The SMILES string of the molecule is CCNC(=NCC(C)(C)c1ccc2c(c1)OCCO2)N(C)CC1CCOC1.I. The lowest BCUT2D eigenvalue weighted by molar-refractivity contribution is 0.171. The normalized spacial score (nSPS) is 19.1. The fraction of sp³-hybridized carbons (Fsp3) is 0.667. The van der Waals surface area contributed by atoms with Gasteiger partial charge in [0.2, 0.25) is 0 Å². The number of aliphatic imine (C=N–C) groups is 1. The molecular weight excluding hydrogens is 469 g/mol. The number of hydrogen-bond acceptors (Lipinski definition) is 4. The Bertz CT molecular complexity index is 660. The van der Waals surface area contributed by atoms with Crippen LogP contribution in [0.1, 0.15) is 32.8 Å². The predicted molar refractivity (Wildman–Crippen MR) is 123 cm³/mol. The zero-order chi connectivity index (χ0) is 19.3. The smallest absolute Gasteiger partial charge is 0.193 e. The Morgan fingerprint density at radius 1 is 1.21 bits per heavy atom. The predicted octanol–water partition coefficient (Wildman–Crippen LogP) is 3.29. The van der Waals surface area contributed by atoms with Crippen molar-refractivity contribution in [3.63, 3.8) is 0 Å². The summed E-state index contributed by atoms with van der Waals surface area (Å²) in [6, 6.07) is 6.22. The van der Waals surface area contributed by atoms with E-state index in [0.717, 1.165) is 50.2 Å². The molecule has 3 rings (SSSR count). The van der Waals surface area contributed by atoms with Gasteiger partial charge in [0.25, 0.3) is 0 Å². The maximum absolute atomic E-state index is 5.74. The number of halogens is 1. The van der Waals surface area contributed by atoms with Gasteiger partial charge in [-0.05, 0) is 31.0 Å². The second kappa shape index (κ2) is 10.5. The van der Waals surface area contributed by atoms with Gasteiger partial charge in [0, 0.05) is 38.1 Å². The zero-order valence-electron chi connectivity index (χ0n) is 17.5. The van der Waals surface area contributed by atoms with Crippen molar-refractivity contribution in [1.82, 2.24) is 10.2 Å². The summed E-state index contributed by atoms with van der Waals surface area (Å²) in [7, 11) is 2.11. The van der Waals surface area contributed by atoms with E-state index in [1.165, 1.54) is 5.56 Å². The first-order valence-electron chi connectivity index (χ1n) is 9.97. The summed E-state index contributed by atoms with van der Waals surface area (Å²) < 4.78 is 16.9. The fourth-order valence-corrected chi connectivity index (χ4v) is 3.50. The molecule has 28 heavy (non-hydrogen) atoms. The first kappa shape index (κ1) is 23.1. The molecule has 0 aliphatic carbocycles. The van der Waals surface area contributed by atoms with Gasteiger partial charge < -0.3 is 24.4 Å². The van der Waals surface area contributed by atoms with E-state index >= 15 is 0 Å². The average Bonchev–Trinajstić information content (AvgIpc) is 3.17. The molecule has 0 saturated carbocycles. The highest BCUT2D eigenvalue weighted by Gasteiger charge is 2.24. The van der Waals surface area contributed by atoms with Crippen LogP contribution in [-0.4, -0.2) is 64.0 Å². The van der Waals surface area contributed by atoms with Gasteiger partial charge >= 0.3 is 0 Å². The number of ether oxygens (including phenoxy) is 3. The summed E-state index contributed by atoms with van der Waals surface area (Å²) in [6.07, 6.45) is 1.13. The van der Waals surface area contributed by atoms with Crippen molar-refractivity contribution in [1.29, 1.82) is 0 Å². The van der Waals surface area contributed by atoms with Crippen molar-refractivity contribution in [2.24, 2.45) is 10.9 Å². The van der Waals surface area contributed by atoms with Gasteiger partial charge in [-0.3, -0.25) is 4.99 Å². The van der Waals surface area contributed by atoms with Crippen molar-refractivity contribution in [2.75, 3.05) is 53.1 Å². The third kappa shape index (κ3) is 5.89. The van der Waals surface area contributed by atoms with Crippen molar-refractivity contribution in [2.45, 2.75) is 32.6 Å². The average molecular weight is 503 g/mol. The molecule has 1 fully saturated rings. The minimum Gasteiger partial charge on any atom is -0.486 e. The van der Waals surface area contributed by atoms with E-state index in [9.17, 15) is 0 Å². The fourth-order valence-electron chi connectivity index (χ4n) is 3.50. The number of nitrogens with zero attached hydrogens (tertiary/aromatic N) is 2. The highest BCUT2D eigenvalue weighted by atomic mass is 127. The number of benzene rings is 1. The molecule has 158 valence electrons. The van der Waals surface area contributed by atoms with Gasteiger partial charge in [-0.15, -0.1) is 24.0 Å². The molecule has 1 saturated heterocycles. The molecule has 0 radical (unpaired) electrons. The maximum atomic E-state index is 5.74. The summed E-state index contributed by atoms with van der Waals surface area (Å²) >= 11 is 0. The van der Waals surface area contributed by atoms with Crippen LogP contribution in [0.25, 0.3) is 0 Å². The maximum Gasteiger partial charge on any atom is 0.193 e. The zero-order valence-corrected chi connectivity index (χ0v) is 19.8. The Balaban J connectivity index is 0.00000280. The van der Waals surface area contributed by atoms with Crippen LogP contribution < -0.4 is 14.8 Å². The molecule has 0 bridgehead atoms. The van der Waals surface area contributed by atoms with Gasteiger partial charge in [-0.25, -0.2) is 0 Å². The molecule has 0 spiro atoms. The Morgan fingerprint density at radius 3 is 2.64 bits per heavy atom. The third-order valence-corrected chi connectivity index (χ3v) is 5.20. The highest BCUT2D eigenvalue weighted by Crippen LogP contribution is 2.35. The number of hydrogen-bond donors (Lipinski definition) is 1. The minimum absolute atomic E-state index is 0. The van der Waals surface area contributed by atoms with Gasteiger partial charge in [-0.2, -0.15) is 0 Å². The van der Waals surface area contributed by atoms with E-state index in [2.05, 4.69) is 50.2 Å². The van der Waals surface area contributed by atoms with E-state index < -0.39 is 0 Å². The van der Waals surface area contributed by atoms with Gasteiger partial charge in [0.1, 0.15) is 13.2 Å². The van der Waals surface area contributed by atoms with Crippen LogP contribution in [0, 0.1) is 5.92 Å². The molecule has 1 N–H and O–H groups in total. The molecule has 0 aromatic heterocycles. The molecule has 2 heterocycles. The Kier molecular flexibility index (Phi) is 8.67. The van der Waals surface area contributed by atoms with Crippen LogP contribution in [-0.2, 0) is 10.2 Å². The lowest BCUT2D eigenvalue weighted by atomic mass is 9.84. The monoisotopic (exact) mass is 503 g/mol. The first-order valence-corrected chi connectivity index (χ1v) is 9.97. The van der Waals surface area contributed by atoms with E-state index in [1.807, 2.05) is 6.07 Å². The second-order valence-electron chi connectivity index (χ2n) is 8.02. The Labute approximate surface area is 186 Å². The molecule has 0 amide bonds. The van der Waals surface area contributed by atoms with Crippen molar-refractivity contribution >= 4 is 29.9 Å². The van der Waals surface area contributed by atoms with E-state index in [0.29, 0.717) is 25.7 Å². The summed E-state index contributed by atoms with van der Waals surface area (Å²) in [5.74, 6) is 3.21. The molecular formula is C21H34IN3O3. The van der Waals surface area contributed by atoms with Crippen molar-refractivity contribution < 1.29 is 14.2 Å². The summed E-state index contributed by atoms with van der Waals surface area (Å²) in [5.41, 5.74) is 1.10. The third-order valence-electron chi connectivity index (χ3n) is 5.20. The highest BCUT2D eigenvalue weighted by molar-refractivity contribution is 14.0. The molecule has 7 heteroatoms. The quantitative estimate of drug-likeness (QED) is 0.367. The van der Waals surface area contributed by atoms with E-state index in [-0.39, 0.29) is 29.4 Å². The number of fused-ring (bicyclic) bond motifs is 1. The minimum atomic E-state index is -0.103. The molecule has 2 aliphatic heterocycles. The topological polar surface area (TPSA) is 55.3 Å². The van der Waals surface area contributed by atoms with Gasteiger partial charge in [-0.1, -0.05) is 19.9 Å². The summed E-state index contributed by atoms with van der Waals surface area (Å²) in [6.45, 7) is 12.0. The first-order chi connectivity index (χ1) is 13.0. The van der Waals surface area contributed by atoms with Gasteiger partial charge in [0.05, 0.1) is 13.2 Å². The Morgan fingerprint density at radius 2 is 1.96 bits per heavy atom. The number of guanidine groups is 1. The summed E-state index contributed by atoms with van der Waals surface area (Å²) in [4.78, 5) is 7.16. The summed E-state index contributed by atoms with van der Waals surface area (Å²) in [5, 5.41) is 3.42. The lowest BCUT2D eigenvalue weighted by Gasteiger charge is -2.28. The molecule has 2 aliphatic rings. The molecule has 1 aromatic carbocycles. The van der Waals surface area contributed by atoms with Crippen LogP contribution in [0.2, 0.25) is 0 Å². The van der Waals surface area contributed by atoms with Crippen molar-refractivity contribution in [3.05, 3.63) is 23.8 Å². The standard InChI is InChI=1S/C21H33N3O3.HI/c1-5-22-20(24(4)13-16-8-9-25-14-16)23-15-21(2,3)17-6-7-18-19(12-17)27-11-10-26-18;/h6-7,12,16H,5,8-11,13-15H2,1-4H3,(H,22,23);1H. The molecule has 1 unspecified atom stereocenters. The lowest BCUT2D eigenvalue weighted by Crippen LogP contribution is -2.42.